The van der Waals surface area contributed by atoms with E-state index in [1.807, 2.05) is 37.3 Å². The Morgan fingerprint density at radius 1 is 1.21 bits per heavy atom. The lowest BCUT2D eigenvalue weighted by atomic mass is 9.92. The number of halogens is 1. The number of fused-ring (bicyclic) bond motifs is 1. The van der Waals surface area contributed by atoms with Gasteiger partial charge in [-0.1, -0.05) is 41.4 Å². The zero-order valence-corrected chi connectivity index (χ0v) is 16.7. The molecule has 2 aromatic carbocycles. The maximum atomic E-state index is 12.8. The molecular weight excluding hydrogens is 378 g/mol. The van der Waals surface area contributed by atoms with E-state index in [0.717, 1.165) is 23.1 Å². The van der Waals surface area contributed by atoms with E-state index in [2.05, 4.69) is 0 Å². The predicted molar refractivity (Wildman–Crippen MR) is 107 cm³/mol. The molecule has 1 N–H and O–H groups in total. The van der Waals surface area contributed by atoms with Crippen molar-refractivity contribution in [2.24, 2.45) is 0 Å². The van der Waals surface area contributed by atoms with Crippen molar-refractivity contribution in [1.82, 2.24) is 4.90 Å². The summed E-state index contributed by atoms with van der Waals surface area (Å²) in [5, 5.41) is 11.5. The highest BCUT2D eigenvalue weighted by atomic mass is 35.5. The first-order valence-electron chi connectivity index (χ1n) is 9.60. The molecule has 28 heavy (non-hydrogen) atoms. The Morgan fingerprint density at radius 2 is 1.96 bits per heavy atom. The number of hydrogen-bond acceptors (Lipinski definition) is 4. The van der Waals surface area contributed by atoms with Crippen molar-refractivity contribution < 1.29 is 19.4 Å². The molecule has 1 fully saturated rings. The largest absolute Gasteiger partial charge is 0.489 e. The number of β-amino-alcohol motifs (C(OH)–C–C–N with tert-alkyl or cyclic N) is 1. The number of aliphatic hydroxyl groups is 1. The van der Waals surface area contributed by atoms with Gasteiger partial charge in [-0.05, 0) is 36.6 Å². The number of benzene rings is 2. The van der Waals surface area contributed by atoms with Crippen molar-refractivity contribution >= 4 is 17.5 Å². The number of aryl methyl sites for hydroxylation is 1. The maximum absolute atomic E-state index is 12.8. The number of carbonyl (C=O) groups excluding carboxylic acids is 1. The summed E-state index contributed by atoms with van der Waals surface area (Å²) in [7, 11) is 0. The van der Waals surface area contributed by atoms with Crippen LogP contribution in [0, 0.1) is 6.92 Å². The van der Waals surface area contributed by atoms with Gasteiger partial charge in [0, 0.05) is 13.0 Å². The van der Waals surface area contributed by atoms with E-state index in [4.69, 9.17) is 21.1 Å². The van der Waals surface area contributed by atoms with Crippen molar-refractivity contribution in [1.29, 1.82) is 0 Å². The molecule has 4 rings (SSSR count). The first kappa shape index (κ1) is 19.1. The third kappa shape index (κ3) is 3.82. The second-order valence-electron chi connectivity index (χ2n) is 7.60. The van der Waals surface area contributed by atoms with Crippen LogP contribution in [0.25, 0.3) is 0 Å². The topological polar surface area (TPSA) is 59.0 Å². The molecule has 0 radical (unpaired) electrons. The molecule has 6 heteroatoms. The van der Waals surface area contributed by atoms with Gasteiger partial charge < -0.3 is 19.5 Å². The Balaban J connectivity index is 1.47. The van der Waals surface area contributed by atoms with E-state index in [-0.39, 0.29) is 12.3 Å². The van der Waals surface area contributed by atoms with Gasteiger partial charge in [-0.25, -0.2) is 0 Å². The van der Waals surface area contributed by atoms with E-state index >= 15 is 0 Å². The highest BCUT2D eigenvalue weighted by Gasteiger charge is 2.39. The van der Waals surface area contributed by atoms with Crippen LogP contribution in [0.1, 0.15) is 29.5 Å². The van der Waals surface area contributed by atoms with E-state index in [0.29, 0.717) is 49.2 Å². The van der Waals surface area contributed by atoms with Gasteiger partial charge >= 0.3 is 0 Å². The van der Waals surface area contributed by atoms with Crippen LogP contribution in [0.5, 0.6) is 11.5 Å². The molecule has 0 saturated carbocycles. The lowest BCUT2D eigenvalue weighted by Crippen LogP contribution is -2.35. The third-order valence-corrected chi connectivity index (χ3v) is 5.69. The molecule has 1 atom stereocenters. The molecule has 0 unspecified atom stereocenters. The van der Waals surface area contributed by atoms with Crippen LogP contribution >= 0.6 is 11.6 Å². The summed E-state index contributed by atoms with van der Waals surface area (Å²) in [6.45, 7) is 3.97. The Hall–Kier alpha value is -2.24. The third-order valence-electron chi connectivity index (χ3n) is 5.41. The maximum Gasteiger partial charge on any atom is 0.227 e. The molecule has 2 aliphatic rings. The first-order chi connectivity index (χ1) is 13.4. The summed E-state index contributed by atoms with van der Waals surface area (Å²) in [5.74, 6) is 1.10. The molecule has 5 nitrogen and oxygen atoms in total. The molecule has 1 amide bonds. The zero-order chi connectivity index (χ0) is 19.7. The molecular formula is C22H24ClNO4. The molecule has 0 spiro atoms. The van der Waals surface area contributed by atoms with Crippen molar-refractivity contribution in [3.05, 3.63) is 58.1 Å². The molecule has 0 bridgehead atoms. The Labute approximate surface area is 169 Å². The first-order valence-corrected chi connectivity index (χ1v) is 9.98. The van der Waals surface area contributed by atoms with Gasteiger partial charge in [0.2, 0.25) is 5.91 Å². The Bertz CT molecular complexity index is 883. The molecule has 0 aliphatic carbocycles. The number of carbonyl (C=O) groups is 1. The van der Waals surface area contributed by atoms with Crippen molar-refractivity contribution in [3.8, 4) is 11.5 Å². The highest BCUT2D eigenvalue weighted by Crippen LogP contribution is 2.38. The van der Waals surface area contributed by atoms with Gasteiger partial charge in [0.15, 0.2) is 11.5 Å². The molecule has 1 saturated heterocycles. The average molecular weight is 402 g/mol. The second-order valence-corrected chi connectivity index (χ2v) is 8.00. The summed E-state index contributed by atoms with van der Waals surface area (Å²) in [4.78, 5) is 14.6. The normalized spacial score (nSPS) is 21.5. The molecule has 0 aromatic heterocycles. The van der Waals surface area contributed by atoms with E-state index in [1.165, 1.54) is 0 Å². The highest BCUT2D eigenvalue weighted by molar-refractivity contribution is 6.32. The van der Waals surface area contributed by atoms with Gasteiger partial charge in [-0.3, -0.25) is 4.79 Å². The number of hydrogen-bond donors (Lipinski definition) is 1. The summed E-state index contributed by atoms with van der Waals surface area (Å²) in [6.07, 6.45) is 1.54. The zero-order valence-electron chi connectivity index (χ0n) is 15.9. The lowest BCUT2D eigenvalue weighted by Gasteiger charge is -2.24. The minimum Gasteiger partial charge on any atom is -0.489 e. The number of nitrogens with zero attached hydrogens (tertiary/aromatic N) is 1. The van der Waals surface area contributed by atoms with Crippen LogP contribution in [-0.4, -0.2) is 42.2 Å². The second kappa shape index (κ2) is 7.64. The monoisotopic (exact) mass is 401 g/mol. The smallest absolute Gasteiger partial charge is 0.227 e. The van der Waals surface area contributed by atoms with Crippen molar-refractivity contribution in [3.63, 3.8) is 0 Å². The van der Waals surface area contributed by atoms with Crippen LogP contribution in [0.15, 0.2) is 36.4 Å². The van der Waals surface area contributed by atoms with Crippen LogP contribution in [0.4, 0.5) is 0 Å². The van der Waals surface area contributed by atoms with Gasteiger partial charge in [0.25, 0.3) is 0 Å². The predicted octanol–water partition coefficient (Wildman–Crippen LogP) is 3.47. The van der Waals surface area contributed by atoms with E-state index in [9.17, 15) is 9.90 Å². The molecule has 2 heterocycles. The fourth-order valence-electron chi connectivity index (χ4n) is 3.78. The summed E-state index contributed by atoms with van der Waals surface area (Å²) >= 11 is 6.33. The number of likely N-dealkylation sites (tertiary alicyclic amines) is 1. The SMILES string of the molecule is Cc1ccc([C@@]2(O)CCN(C(=O)Cc3cc(Cl)c4c(c3)OCCCO4)C2)cc1. The summed E-state index contributed by atoms with van der Waals surface area (Å²) in [6, 6.07) is 11.4. The molecule has 148 valence electrons. The van der Waals surface area contributed by atoms with Crippen LogP contribution in [0.3, 0.4) is 0 Å². The van der Waals surface area contributed by atoms with Gasteiger partial charge in [0.1, 0.15) is 5.60 Å². The summed E-state index contributed by atoms with van der Waals surface area (Å²) < 4.78 is 11.3. The summed E-state index contributed by atoms with van der Waals surface area (Å²) in [5.41, 5.74) is 1.78. The molecule has 2 aromatic rings. The van der Waals surface area contributed by atoms with Gasteiger partial charge in [0.05, 0.1) is 31.2 Å². The van der Waals surface area contributed by atoms with Crippen LogP contribution in [0.2, 0.25) is 5.02 Å². The molecule has 2 aliphatic heterocycles. The number of rotatable bonds is 3. The fourth-order valence-corrected chi connectivity index (χ4v) is 4.07. The standard InChI is InChI=1S/C22H24ClNO4/c1-15-3-5-17(6-4-15)22(26)7-8-24(14-22)20(25)13-16-11-18(23)21-19(12-16)27-9-2-10-28-21/h3-6,11-12,26H,2,7-10,13-14H2,1H3/t22-/m1/s1. The van der Waals surface area contributed by atoms with Crippen LogP contribution in [-0.2, 0) is 16.8 Å². The lowest BCUT2D eigenvalue weighted by molar-refractivity contribution is -0.130. The number of ether oxygens (including phenoxy) is 2. The van der Waals surface area contributed by atoms with E-state index < -0.39 is 5.60 Å². The van der Waals surface area contributed by atoms with Gasteiger partial charge in [-0.15, -0.1) is 0 Å². The Morgan fingerprint density at radius 3 is 2.75 bits per heavy atom. The number of amides is 1. The quantitative estimate of drug-likeness (QED) is 0.855. The average Bonchev–Trinajstić information content (AvgIpc) is 2.92. The van der Waals surface area contributed by atoms with Crippen LogP contribution < -0.4 is 9.47 Å². The van der Waals surface area contributed by atoms with Gasteiger partial charge in [-0.2, -0.15) is 0 Å². The van der Waals surface area contributed by atoms with E-state index in [1.54, 1.807) is 11.0 Å². The Kier molecular flexibility index (Phi) is 5.21. The minimum atomic E-state index is -0.994. The van der Waals surface area contributed by atoms with Crippen molar-refractivity contribution in [2.45, 2.75) is 31.8 Å². The van der Waals surface area contributed by atoms with Crippen molar-refractivity contribution in [2.75, 3.05) is 26.3 Å². The fraction of sp³-hybridized carbons (Fsp3) is 0.409. The minimum absolute atomic E-state index is 0.0337.